The third-order valence-electron chi connectivity index (χ3n) is 4.26. The third-order valence-corrected chi connectivity index (χ3v) is 6.74. The molecule has 0 spiro atoms. The number of rotatable bonds is 8. The highest BCUT2D eigenvalue weighted by Gasteiger charge is 2.26. The van der Waals surface area contributed by atoms with Crippen LogP contribution in [0.3, 0.4) is 0 Å². The third kappa shape index (κ3) is 6.98. The Kier molecular flexibility index (Phi) is 8.23. The van der Waals surface area contributed by atoms with Crippen LogP contribution in [-0.4, -0.2) is 41.5 Å². The van der Waals surface area contributed by atoms with E-state index >= 15 is 0 Å². The van der Waals surface area contributed by atoms with E-state index in [0.717, 1.165) is 11.4 Å². The van der Waals surface area contributed by atoms with Gasteiger partial charge in [0.05, 0.1) is 4.83 Å². The number of nitrogens with zero attached hydrogens (tertiary/aromatic N) is 3. The van der Waals surface area contributed by atoms with Crippen molar-refractivity contribution in [1.29, 1.82) is 0 Å². The smallest absolute Gasteiger partial charge is 0.219 e. The van der Waals surface area contributed by atoms with E-state index in [2.05, 4.69) is 43.9 Å². The van der Waals surface area contributed by atoms with Gasteiger partial charge in [-0.2, -0.15) is 0 Å². The molecule has 0 saturated heterocycles. The Morgan fingerprint density at radius 3 is 2.68 bits per heavy atom. The Hall–Kier alpha value is -1.23. The molecule has 152 valence electrons. The predicted molar refractivity (Wildman–Crippen MR) is 127 cm³/mol. The molecular weight excluding hydrogens is 459 g/mol. The SMILES string of the molecule is C=C(\C(=C/C=C(C)/N=C(\C=C/C)C1CC1)N[C@@H]1N=C(Cl)N=CC1Br)P(C)(C)=O. The van der Waals surface area contributed by atoms with Crippen molar-refractivity contribution in [3.8, 4) is 0 Å². The molecule has 1 aliphatic heterocycles. The van der Waals surface area contributed by atoms with Crippen LogP contribution in [0.15, 0.2) is 62.6 Å². The van der Waals surface area contributed by atoms with Gasteiger partial charge in [0.1, 0.15) is 13.3 Å². The van der Waals surface area contributed by atoms with Crippen molar-refractivity contribution >= 4 is 51.9 Å². The van der Waals surface area contributed by atoms with Crippen LogP contribution in [-0.2, 0) is 4.57 Å². The number of hydrogen-bond acceptors (Lipinski definition) is 5. The van der Waals surface area contributed by atoms with E-state index in [9.17, 15) is 4.57 Å². The van der Waals surface area contributed by atoms with Gasteiger partial charge in [0, 0.05) is 34.6 Å². The van der Waals surface area contributed by atoms with Crippen LogP contribution in [0.25, 0.3) is 0 Å². The largest absolute Gasteiger partial charge is 0.362 e. The summed E-state index contributed by atoms with van der Waals surface area (Å²) in [4.78, 5) is 12.9. The summed E-state index contributed by atoms with van der Waals surface area (Å²) in [6, 6.07) is 0. The molecule has 2 rings (SSSR count). The van der Waals surface area contributed by atoms with Gasteiger partial charge in [-0.25, -0.2) is 9.98 Å². The fourth-order valence-electron chi connectivity index (χ4n) is 2.48. The molecule has 28 heavy (non-hydrogen) atoms. The molecule has 2 atom stereocenters. The predicted octanol–water partition coefficient (Wildman–Crippen LogP) is 5.70. The number of amidine groups is 1. The second-order valence-electron chi connectivity index (χ2n) is 7.21. The molecule has 2 aliphatic rings. The van der Waals surface area contributed by atoms with Crippen molar-refractivity contribution in [2.45, 2.75) is 37.7 Å². The fourth-order valence-corrected chi connectivity index (χ4v) is 3.73. The van der Waals surface area contributed by atoms with Gasteiger partial charge >= 0.3 is 0 Å². The lowest BCUT2D eigenvalue weighted by atomic mass is 10.2. The molecule has 1 fully saturated rings. The van der Waals surface area contributed by atoms with E-state index < -0.39 is 7.14 Å². The zero-order valence-electron chi connectivity index (χ0n) is 16.7. The van der Waals surface area contributed by atoms with E-state index in [1.807, 2.05) is 32.1 Å². The Balaban J connectivity index is 2.30. The van der Waals surface area contributed by atoms with Gasteiger partial charge in [0.25, 0.3) is 0 Å². The van der Waals surface area contributed by atoms with Crippen molar-refractivity contribution in [2.75, 3.05) is 13.3 Å². The number of alkyl halides is 1. The molecule has 0 aromatic carbocycles. The van der Waals surface area contributed by atoms with Crippen molar-refractivity contribution in [2.24, 2.45) is 20.9 Å². The molecule has 1 heterocycles. The molecule has 1 aliphatic carbocycles. The number of halogens is 2. The highest BCUT2D eigenvalue weighted by molar-refractivity contribution is 9.10. The lowest BCUT2D eigenvalue weighted by Crippen LogP contribution is -2.38. The summed E-state index contributed by atoms with van der Waals surface area (Å²) in [5.74, 6) is 0.565. The first kappa shape index (κ1) is 23.1. The second kappa shape index (κ2) is 10.00. The highest BCUT2D eigenvalue weighted by atomic mass is 79.9. The van der Waals surface area contributed by atoms with Crippen molar-refractivity contribution in [3.05, 3.63) is 47.6 Å². The number of allylic oxidation sites excluding steroid dienone is 6. The standard InChI is InChI=1S/C20H27BrClN4OP/c1-6-7-18(15-9-10-15)24-13(2)8-11-17(14(3)28(4,5)27)25-19-16(21)12-23-20(22)26-19/h6-8,11-12,15-16,19,25H,3,9-10H2,1-2,4-5H3/b7-6-,13-8+,17-11+,24-18+/t16?,19-/m1/s1. The summed E-state index contributed by atoms with van der Waals surface area (Å²) in [6.07, 6.45) is 11.5. The molecular formula is C20H27BrClN4OP. The minimum absolute atomic E-state index is 0.140. The van der Waals surface area contributed by atoms with Crippen LogP contribution in [0.4, 0.5) is 0 Å². The van der Waals surface area contributed by atoms with Crippen molar-refractivity contribution in [1.82, 2.24) is 5.32 Å². The molecule has 1 saturated carbocycles. The molecule has 0 aromatic heterocycles. The zero-order valence-corrected chi connectivity index (χ0v) is 19.9. The van der Waals surface area contributed by atoms with Gasteiger partial charge in [-0.15, -0.1) is 0 Å². The van der Waals surface area contributed by atoms with Crippen molar-refractivity contribution in [3.63, 3.8) is 0 Å². The molecule has 0 bridgehead atoms. The summed E-state index contributed by atoms with van der Waals surface area (Å²) < 4.78 is 12.6. The van der Waals surface area contributed by atoms with Crippen molar-refractivity contribution < 1.29 is 4.57 Å². The first-order chi connectivity index (χ1) is 13.1. The van der Waals surface area contributed by atoms with Gasteiger partial charge in [-0.1, -0.05) is 28.6 Å². The minimum Gasteiger partial charge on any atom is -0.362 e. The van der Waals surface area contributed by atoms with E-state index in [1.54, 1.807) is 19.5 Å². The fraction of sp³-hybridized carbons (Fsp3) is 0.450. The summed E-state index contributed by atoms with van der Waals surface area (Å²) in [7, 11) is -2.55. The van der Waals surface area contributed by atoms with Crippen LogP contribution in [0.1, 0.15) is 26.7 Å². The Morgan fingerprint density at radius 1 is 1.43 bits per heavy atom. The number of hydrogen-bond donors (Lipinski definition) is 1. The average molecular weight is 486 g/mol. The zero-order chi connectivity index (χ0) is 20.9. The minimum atomic E-state index is -2.55. The maximum atomic E-state index is 12.6. The van der Waals surface area contributed by atoms with E-state index in [-0.39, 0.29) is 16.3 Å². The normalized spacial score (nSPS) is 24.5. The molecule has 1 N–H and O–H groups in total. The summed E-state index contributed by atoms with van der Waals surface area (Å²) >= 11 is 9.45. The van der Waals surface area contributed by atoms with Crippen LogP contribution >= 0.6 is 34.7 Å². The molecule has 0 radical (unpaired) electrons. The Labute approximate surface area is 181 Å². The summed E-state index contributed by atoms with van der Waals surface area (Å²) in [6.45, 7) is 11.4. The Bertz CT molecular complexity index is 846. The van der Waals surface area contributed by atoms with Gasteiger partial charge in [0.2, 0.25) is 5.29 Å². The maximum Gasteiger partial charge on any atom is 0.219 e. The first-order valence-corrected chi connectivity index (χ1v) is 13.0. The topological polar surface area (TPSA) is 66.2 Å². The van der Waals surface area contributed by atoms with Crippen LogP contribution < -0.4 is 5.32 Å². The molecule has 1 unspecified atom stereocenters. The number of nitrogens with one attached hydrogen (secondary N) is 1. The average Bonchev–Trinajstić information content (AvgIpc) is 3.44. The molecule has 8 heteroatoms. The molecule has 0 aromatic rings. The van der Waals surface area contributed by atoms with Crippen LogP contribution in [0.5, 0.6) is 0 Å². The van der Waals surface area contributed by atoms with Crippen LogP contribution in [0, 0.1) is 5.92 Å². The second-order valence-corrected chi connectivity index (χ2v) is 11.8. The first-order valence-electron chi connectivity index (χ1n) is 9.14. The summed E-state index contributed by atoms with van der Waals surface area (Å²) in [5, 5.41) is 4.00. The van der Waals surface area contributed by atoms with E-state index in [4.69, 9.17) is 16.6 Å². The quantitative estimate of drug-likeness (QED) is 0.158. The van der Waals surface area contributed by atoms with Gasteiger partial charge in [-0.3, -0.25) is 4.99 Å². The maximum absolute atomic E-state index is 12.6. The lowest BCUT2D eigenvalue weighted by molar-refractivity contribution is 0.584. The summed E-state index contributed by atoms with van der Waals surface area (Å²) in [5.41, 5.74) is 2.63. The van der Waals surface area contributed by atoms with E-state index in [1.165, 1.54) is 12.8 Å². The molecule has 0 amide bonds. The molecule has 5 nitrogen and oxygen atoms in total. The Morgan fingerprint density at radius 2 is 2.11 bits per heavy atom. The lowest BCUT2D eigenvalue weighted by Gasteiger charge is -2.25. The van der Waals surface area contributed by atoms with Gasteiger partial charge < -0.3 is 9.88 Å². The monoisotopic (exact) mass is 484 g/mol. The van der Waals surface area contributed by atoms with E-state index in [0.29, 0.717) is 16.9 Å². The number of aliphatic imine (C=N–C) groups is 3. The van der Waals surface area contributed by atoms with Gasteiger partial charge in [-0.05, 0) is 69.8 Å². The highest BCUT2D eigenvalue weighted by Crippen LogP contribution is 2.48. The van der Waals surface area contributed by atoms with Gasteiger partial charge in [0.15, 0.2) is 0 Å². The van der Waals surface area contributed by atoms with Crippen LogP contribution in [0.2, 0.25) is 0 Å².